The second-order valence-corrected chi connectivity index (χ2v) is 7.09. The molecular weight excluding hydrogens is 314 g/mol. The largest absolute Gasteiger partial charge is 0.339 e. The Morgan fingerprint density at radius 2 is 2.22 bits per heavy atom. The quantitative estimate of drug-likeness (QED) is 0.909. The summed E-state index contributed by atoms with van der Waals surface area (Å²) in [6.07, 6.45) is 0.965. The van der Waals surface area contributed by atoms with Gasteiger partial charge in [-0.05, 0) is 40.4 Å². The molecule has 2 rings (SSSR count). The van der Waals surface area contributed by atoms with Crippen LogP contribution in [-0.4, -0.2) is 16.7 Å². The van der Waals surface area contributed by atoms with E-state index in [1.54, 1.807) is 11.3 Å². The zero-order chi connectivity index (χ0) is 13.1. The summed E-state index contributed by atoms with van der Waals surface area (Å²) in [5.74, 6) is 1.99. The van der Waals surface area contributed by atoms with E-state index in [0.29, 0.717) is 24.2 Å². The molecule has 4 nitrogen and oxygen atoms in total. The van der Waals surface area contributed by atoms with E-state index >= 15 is 0 Å². The van der Waals surface area contributed by atoms with Gasteiger partial charge in [0.05, 0.1) is 14.6 Å². The smallest absolute Gasteiger partial charge is 0.231 e. The lowest BCUT2D eigenvalue weighted by Gasteiger charge is -2.11. The first kappa shape index (κ1) is 13.7. The lowest BCUT2D eigenvalue weighted by molar-refractivity contribution is 0.335. The minimum atomic E-state index is 0.148. The maximum Gasteiger partial charge on any atom is 0.231 e. The summed E-state index contributed by atoms with van der Waals surface area (Å²) < 4.78 is 6.39. The molecular formula is C12H16BrN3OS. The third-order valence-electron chi connectivity index (χ3n) is 2.63. The van der Waals surface area contributed by atoms with Crippen molar-refractivity contribution in [3.63, 3.8) is 0 Å². The molecule has 0 bridgehead atoms. The zero-order valence-corrected chi connectivity index (χ0v) is 12.8. The molecule has 0 aromatic carbocycles. The molecule has 0 aliphatic heterocycles. The average Bonchev–Trinajstić information content (AvgIpc) is 2.93. The maximum absolute atomic E-state index is 5.77. The number of nitrogens with zero attached hydrogens (tertiary/aromatic N) is 2. The maximum atomic E-state index is 5.77. The average molecular weight is 330 g/mol. The molecule has 18 heavy (non-hydrogen) atoms. The van der Waals surface area contributed by atoms with Crippen LogP contribution in [0.1, 0.15) is 32.1 Å². The summed E-state index contributed by atoms with van der Waals surface area (Å²) in [5, 5.41) is 4.02. The van der Waals surface area contributed by atoms with Crippen molar-refractivity contribution < 1.29 is 4.52 Å². The third-order valence-corrected chi connectivity index (χ3v) is 4.24. The zero-order valence-electron chi connectivity index (χ0n) is 10.4. The molecule has 2 N–H and O–H groups in total. The van der Waals surface area contributed by atoms with Crippen molar-refractivity contribution in [3.8, 4) is 10.7 Å². The molecule has 0 aliphatic carbocycles. The Morgan fingerprint density at radius 1 is 1.44 bits per heavy atom. The molecule has 0 spiro atoms. The predicted molar refractivity (Wildman–Crippen MR) is 76.6 cm³/mol. The summed E-state index contributed by atoms with van der Waals surface area (Å²) in [7, 11) is 0. The molecule has 0 amide bonds. The molecule has 0 saturated heterocycles. The second kappa shape index (κ2) is 5.95. The van der Waals surface area contributed by atoms with E-state index in [2.05, 4.69) is 39.9 Å². The van der Waals surface area contributed by atoms with Crippen molar-refractivity contribution in [2.24, 2.45) is 11.7 Å². The standard InChI is InChI=1S/C12H16BrN3OS/c1-7(2)5-8(6-14)12-15-11(16-17-12)9-3-4-10(13)18-9/h3-4,7-8H,5-6,14H2,1-2H3. The summed E-state index contributed by atoms with van der Waals surface area (Å²) in [6, 6.07) is 3.95. The molecule has 2 heterocycles. The van der Waals surface area contributed by atoms with E-state index in [1.807, 2.05) is 12.1 Å². The van der Waals surface area contributed by atoms with E-state index < -0.39 is 0 Å². The normalized spacial score (nSPS) is 13.2. The van der Waals surface area contributed by atoms with Gasteiger partial charge in [0.15, 0.2) is 0 Å². The number of hydrogen-bond donors (Lipinski definition) is 1. The van der Waals surface area contributed by atoms with Crippen LogP contribution in [0.15, 0.2) is 20.4 Å². The Balaban J connectivity index is 2.18. The highest BCUT2D eigenvalue weighted by Gasteiger charge is 2.19. The molecule has 2 aromatic rings. The van der Waals surface area contributed by atoms with Gasteiger partial charge in [0.1, 0.15) is 0 Å². The Labute approximate surface area is 119 Å². The van der Waals surface area contributed by atoms with E-state index in [1.165, 1.54) is 0 Å². The van der Waals surface area contributed by atoms with Gasteiger partial charge in [-0.25, -0.2) is 0 Å². The minimum Gasteiger partial charge on any atom is -0.339 e. The fourth-order valence-corrected chi connectivity index (χ4v) is 3.11. The minimum absolute atomic E-state index is 0.148. The highest BCUT2D eigenvalue weighted by Crippen LogP contribution is 2.30. The van der Waals surface area contributed by atoms with Gasteiger partial charge in [-0.3, -0.25) is 0 Å². The number of nitrogens with two attached hydrogens (primary N) is 1. The van der Waals surface area contributed by atoms with Gasteiger partial charge >= 0.3 is 0 Å². The Hall–Kier alpha value is -0.720. The summed E-state index contributed by atoms with van der Waals surface area (Å²) in [4.78, 5) is 5.45. The van der Waals surface area contributed by atoms with Crippen molar-refractivity contribution in [1.82, 2.24) is 10.1 Å². The van der Waals surface area contributed by atoms with Crippen molar-refractivity contribution in [1.29, 1.82) is 0 Å². The molecule has 0 fully saturated rings. The fourth-order valence-electron chi connectivity index (χ4n) is 1.80. The fraction of sp³-hybridized carbons (Fsp3) is 0.500. The van der Waals surface area contributed by atoms with E-state index in [9.17, 15) is 0 Å². The molecule has 2 aromatic heterocycles. The first-order chi connectivity index (χ1) is 8.60. The number of halogens is 1. The van der Waals surface area contributed by atoms with Crippen LogP contribution in [0.5, 0.6) is 0 Å². The SMILES string of the molecule is CC(C)CC(CN)c1nc(-c2ccc(Br)s2)no1. The second-order valence-electron chi connectivity index (χ2n) is 4.62. The highest BCUT2D eigenvalue weighted by molar-refractivity contribution is 9.11. The first-order valence-electron chi connectivity index (χ1n) is 5.89. The van der Waals surface area contributed by atoms with Crippen molar-refractivity contribution in [3.05, 3.63) is 21.8 Å². The molecule has 0 radical (unpaired) electrons. The van der Waals surface area contributed by atoms with Crippen molar-refractivity contribution in [2.45, 2.75) is 26.2 Å². The molecule has 0 saturated carbocycles. The Morgan fingerprint density at radius 3 is 2.78 bits per heavy atom. The third kappa shape index (κ3) is 3.18. The Bertz CT molecular complexity index is 509. The molecule has 1 unspecified atom stereocenters. The van der Waals surface area contributed by atoms with Crippen LogP contribution in [0.4, 0.5) is 0 Å². The van der Waals surface area contributed by atoms with E-state index in [4.69, 9.17) is 10.3 Å². The van der Waals surface area contributed by atoms with Gasteiger partial charge in [-0.15, -0.1) is 11.3 Å². The number of aromatic nitrogens is 2. The monoisotopic (exact) mass is 329 g/mol. The predicted octanol–water partition coefficient (Wildman–Crippen LogP) is 3.65. The van der Waals surface area contributed by atoms with Crippen LogP contribution in [0.25, 0.3) is 10.7 Å². The molecule has 0 aliphatic rings. The van der Waals surface area contributed by atoms with Gasteiger partial charge in [0.2, 0.25) is 11.7 Å². The van der Waals surface area contributed by atoms with E-state index in [0.717, 1.165) is 15.1 Å². The van der Waals surface area contributed by atoms with Crippen molar-refractivity contribution in [2.75, 3.05) is 6.54 Å². The lowest BCUT2D eigenvalue weighted by atomic mass is 9.97. The van der Waals surface area contributed by atoms with Crippen LogP contribution in [0.3, 0.4) is 0 Å². The topological polar surface area (TPSA) is 64.9 Å². The molecule has 6 heteroatoms. The summed E-state index contributed by atoms with van der Waals surface area (Å²) >= 11 is 5.01. The molecule has 98 valence electrons. The number of thiophene rings is 1. The Kier molecular flexibility index (Phi) is 4.53. The van der Waals surface area contributed by atoms with Gasteiger partial charge in [-0.1, -0.05) is 19.0 Å². The highest BCUT2D eigenvalue weighted by atomic mass is 79.9. The number of rotatable bonds is 5. The van der Waals surface area contributed by atoms with Crippen molar-refractivity contribution >= 4 is 27.3 Å². The summed E-state index contributed by atoms with van der Waals surface area (Å²) in [5.41, 5.74) is 5.77. The van der Waals surface area contributed by atoms with Crippen LogP contribution >= 0.6 is 27.3 Å². The van der Waals surface area contributed by atoms with Crippen LogP contribution < -0.4 is 5.73 Å². The van der Waals surface area contributed by atoms with Gasteiger partial charge in [0.25, 0.3) is 0 Å². The number of hydrogen-bond acceptors (Lipinski definition) is 5. The first-order valence-corrected chi connectivity index (χ1v) is 7.50. The van der Waals surface area contributed by atoms with Crippen LogP contribution in [-0.2, 0) is 0 Å². The van der Waals surface area contributed by atoms with Crippen LogP contribution in [0.2, 0.25) is 0 Å². The van der Waals surface area contributed by atoms with Crippen LogP contribution in [0, 0.1) is 5.92 Å². The summed E-state index contributed by atoms with van der Waals surface area (Å²) in [6.45, 7) is 4.86. The van der Waals surface area contributed by atoms with Gasteiger partial charge in [0, 0.05) is 6.54 Å². The lowest BCUT2D eigenvalue weighted by Crippen LogP contribution is -2.15. The van der Waals surface area contributed by atoms with Gasteiger partial charge < -0.3 is 10.3 Å². The molecule has 1 atom stereocenters. The van der Waals surface area contributed by atoms with Gasteiger partial charge in [-0.2, -0.15) is 4.98 Å². The van der Waals surface area contributed by atoms with E-state index in [-0.39, 0.29) is 5.92 Å².